The lowest BCUT2D eigenvalue weighted by atomic mass is 10.00. The highest BCUT2D eigenvalue weighted by Gasteiger charge is 2.40. The van der Waals surface area contributed by atoms with Crippen molar-refractivity contribution in [2.75, 3.05) is 5.88 Å². The van der Waals surface area contributed by atoms with Gasteiger partial charge in [0.15, 0.2) is 4.87 Å². The van der Waals surface area contributed by atoms with Crippen LogP contribution in [-0.4, -0.2) is 5.88 Å². The van der Waals surface area contributed by atoms with Crippen LogP contribution in [0.25, 0.3) is 5.76 Å². The molecule has 0 N–H and O–H groups in total. The standard InChI is InChI=1S/C16H12N2OS/c1-2-6-12(7-3-1)15-10-16(18-17-11-20-16)13-8-4-5-9-14(13)19-15/h1-10H,11H2. The van der Waals surface area contributed by atoms with Crippen LogP contribution in [0.1, 0.15) is 11.1 Å². The number of hydrogen-bond acceptors (Lipinski definition) is 4. The monoisotopic (exact) mass is 280 g/mol. The van der Waals surface area contributed by atoms with Gasteiger partial charge in [-0.25, -0.2) is 0 Å². The van der Waals surface area contributed by atoms with Crippen LogP contribution in [0.2, 0.25) is 0 Å². The molecule has 2 aliphatic heterocycles. The minimum absolute atomic E-state index is 0.431. The minimum atomic E-state index is -0.431. The number of thioether (sulfide) groups is 1. The van der Waals surface area contributed by atoms with E-state index in [9.17, 15) is 0 Å². The van der Waals surface area contributed by atoms with E-state index in [0.29, 0.717) is 5.88 Å². The molecule has 1 unspecified atom stereocenters. The first-order chi connectivity index (χ1) is 9.87. The van der Waals surface area contributed by atoms with E-state index < -0.39 is 4.87 Å². The summed E-state index contributed by atoms with van der Waals surface area (Å²) in [5, 5.41) is 8.65. The highest BCUT2D eigenvalue weighted by Crippen LogP contribution is 2.51. The Kier molecular flexibility index (Phi) is 2.63. The quantitative estimate of drug-likeness (QED) is 0.774. The molecule has 0 radical (unpaired) electrons. The number of para-hydroxylation sites is 1. The van der Waals surface area contributed by atoms with E-state index in [1.165, 1.54) is 0 Å². The number of benzene rings is 2. The molecular weight excluding hydrogens is 268 g/mol. The molecule has 3 nitrogen and oxygen atoms in total. The molecule has 0 bridgehead atoms. The van der Waals surface area contributed by atoms with Crippen molar-refractivity contribution in [3.05, 3.63) is 71.8 Å². The van der Waals surface area contributed by atoms with Crippen LogP contribution in [0.4, 0.5) is 0 Å². The maximum atomic E-state index is 6.05. The fourth-order valence-corrected chi connectivity index (χ4v) is 3.43. The normalized spacial score (nSPS) is 23.3. The molecule has 2 aliphatic rings. The lowest BCUT2D eigenvalue weighted by Crippen LogP contribution is -2.20. The Morgan fingerprint density at radius 2 is 1.80 bits per heavy atom. The van der Waals surface area contributed by atoms with Crippen molar-refractivity contribution in [1.29, 1.82) is 0 Å². The molecule has 0 saturated carbocycles. The number of nitrogens with zero attached hydrogens (tertiary/aromatic N) is 2. The first-order valence-corrected chi connectivity index (χ1v) is 7.44. The molecule has 4 heteroatoms. The second-order valence-corrected chi connectivity index (χ2v) is 5.85. The zero-order valence-electron chi connectivity index (χ0n) is 10.7. The van der Waals surface area contributed by atoms with Crippen LogP contribution in [0, 0.1) is 0 Å². The summed E-state index contributed by atoms with van der Waals surface area (Å²) in [6.07, 6.45) is 2.08. The van der Waals surface area contributed by atoms with Gasteiger partial charge >= 0.3 is 0 Å². The van der Waals surface area contributed by atoms with Crippen LogP contribution >= 0.6 is 11.8 Å². The van der Waals surface area contributed by atoms with Gasteiger partial charge < -0.3 is 4.74 Å². The van der Waals surface area contributed by atoms with Crippen LogP contribution in [0.5, 0.6) is 5.75 Å². The van der Waals surface area contributed by atoms with Gasteiger partial charge in [-0.3, -0.25) is 0 Å². The average molecular weight is 280 g/mol. The van der Waals surface area contributed by atoms with Gasteiger partial charge in [-0.15, -0.1) is 0 Å². The predicted molar refractivity (Wildman–Crippen MR) is 80.5 cm³/mol. The number of rotatable bonds is 1. The van der Waals surface area contributed by atoms with Gasteiger partial charge in [0.1, 0.15) is 17.4 Å². The lowest BCUT2D eigenvalue weighted by molar-refractivity contribution is 0.480. The van der Waals surface area contributed by atoms with E-state index in [2.05, 4.69) is 22.4 Å². The van der Waals surface area contributed by atoms with Crippen molar-refractivity contribution in [3.8, 4) is 5.75 Å². The van der Waals surface area contributed by atoms with Gasteiger partial charge in [0.2, 0.25) is 0 Å². The first kappa shape index (κ1) is 11.7. The summed E-state index contributed by atoms with van der Waals surface area (Å²) in [5.74, 6) is 2.40. The number of ether oxygens (including phenoxy) is 1. The van der Waals surface area contributed by atoms with Crippen molar-refractivity contribution in [2.45, 2.75) is 4.87 Å². The molecule has 1 atom stereocenters. The van der Waals surface area contributed by atoms with E-state index >= 15 is 0 Å². The summed E-state index contributed by atoms with van der Waals surface area (Å²) in [5.41, 5.74) is 2.13. The van der Waals surface area contributed by atoms with E-state index in [4.69, 9.17) is 4.74 Å². The summed E-state index contributed by atoms with van der Waals surface area (Å²) in [6.45, 7) is 0. The van der Waals surface area contributed by atoms with E-state index in [1.54, 1.807) is 11.8 Å². The molecule has 0 aromatic heterocycles. The molecule has 0 saturated heterocycles. The Morgan fingerprint density at radius 1 is 1.00 bits per heavy atom. The molecule has 2 aromatic rings. The Bertz CT molecular complexity index is 711. The number of hydrogen-bond donors (Lipinski definition) is 0. The summed E-state index contributed by atoms with van der Waals surface area (Å²) in [6, 6.07) is 18.2. The largest absolute Gasteiger partial charge is 0.457 e. The summed E-state index contributed by atoms with van der Waals surface area (Å²) in [7, 11) is 0. The van der Waals surface area contributed by atoms with Gasteiger partial charge in [0, 0.05) is 17.2 Å². The van der Waals surface area contributed by atoms with Gasteiger partial charge in [-0.2, -0.15) is 10.2 Å². The molecule has 0 amide bonds. The van der Waals surface area contributed by atoms with Crippen molar-refractivity contribution in [3.63, 3.8) is 0 Å². The van der Waals surface area contributed by atoms with Crippen molar-refractivity contribution in [2.24, 2.45) is 10.2 Å². The van der Waals surface area contributed by atoms with Gasteiger partial charge in [0.05, 0.1) is 0 Å². The SMILES string of the molecule is C1=C(c2ccccc2)Oc2ccccc2C12N=NCS2. The lowest BCUT2D eigenvalue weighted by Gasteiger charge is -2.29. The molecule has 1 spiro atoms. The Hall–Kier alpha value is -2.07. The third-order valence-electron chi connectivity index (χ3n) is 3.44. The molecule has 98 valence electrons. The molecule has 2 heterocycles. The number of azo groups is 1. The number of fused-ring (bicyclic) bond motifs is 2. The molecule has 0 fully saturated rings. The second-order valence-electron chi connectivity index (χ2n) is 4.68. The van der Waals surface area contributed by atoms with Gasteiger partial charge in [0.25, 0.3) is 0 Å². The molecule has 4 rings (SSSR count). The Balaban J connectivity index is 1.89. The van der Waals surface area contributed by atoms with Crippen molar-refractivity contribution < 1.29 is 4.74 Å². The summed E-state index contributed by atoms with van der Waals surface area (Å²) < 4.78 is 6.05. The van der Waals surface area contributed by atoms with E-state index in [1.807, 2.05) is 48.5 Å². The van der Waals surface area contributed by atoms with E-state index in [-0.39, 0.29) is 0 Å². The molecule has 20 heavy (non-hydrogen) atoms. The predicted octanol–water partition coefficient (Wildman–Crippen LogP) is 4.43. The van der Waals surface area contributed by atoms with Crippen LogP contribution < -0.4 is 4.74 Å². The summed E-state index contributed by atoms with van der Waals surface area (Å²) >= 11 is 1.72. The third kappa shape index (κ3) is 1.76. The van der Waals surface area contributed by atoms with Crippen molar-refractivity contribution in [1.82, 2.24) is 0 Å². The first-order valence-electron chi connectivity index (χ1n) is 6.46. The second kappa shape index (κ2) is 4.49. The summed E-state index contributed by atoms with van der Waals surface area (Å²) in [4.78, 5) is -0.431. The zero-order valence-corrected chi connectivity index (χ0v) is 11.5. The fraction of sp³-hybridized carbons (Fsp3) is 0.125. The third-order valence-corrected chi connectivity index (χ3v) is 4.54. The topological polar surface area (TPSA) is 34.0 Å². The Morgan fingerprint density at radius 3 is 2.60 bits per heavy atom. The van der Waals surface area contributed by atoms with E-state index in [0.717, 1.165) is 22.6 Å². The molecule has 0 aliphatic carbocycles. The fourth-order valence-electron chi connectivity index (χ4n) is 2.49. The van der Waals surface area contributed by atoms with Crippen LogP contribution in [0.3, 0.4) is 0 Å². The van der Waals surface area contributed by atoms with Crippen LogP contribution in [-0.2, 0) is 4.87 Å². The van der Waals surface area contributed by atoms with Crippen molar-refractivity contribution >= 4 is 17.5 Å². The van der Waals surface area contributed by atoms with Gasteiger partial charge in [-0.05, 0) is 6.07 Å². The van der Waals surface area contributed by atoms with Gasteiger partial charge in [-0.1, -0.05) is 60.3 Å². The smallest absolute Gasteiger partial charge is 0.179 e. The minimum Gasteiger partial charge on any atom is -0.457 e. The highest BCUT2D eigenvalue weighted by atomic mass is 32.2. The molecular formula is C16H12N2OS. The zero-order chi connectivity index (χ0) is 13.4. The Labute approximate surface area is 121 Å². The highest BCUT2D eigenvalue weighted by molar-refractivity contribution is 8.00. The maximum Gasteiger partial charge on any atom is 0.179 e. The van der Waals surface area contributed by atoms with Crippen LogP contribution in [0.15, 0.2) is 70.9 Å². The molecule has 2 aromatic carbocycles. The average Bonchev–Trinajstić information content (AvgIpc) is 2.97. The maximum absolute atomic E-state index is 6.05.